The Morgan fingerprint density at radius 1 is 1.53 bits per heavy atom. The van der Waals surface area contributed by atoms with Gasteiger partial charge in [-0.2, -0.15) is 0 Å². The third kappa shape index (κ3) is 3.52. The highest BCUT2D eigenvalue weighted by atomic mass is 16.5. The molecule has 1 fully saturated rings. The monoisotopic (exact) mass is 239 g/mol. The Morgan fingerprint density at radius 3 is 2.94 bits per heavy atom. The summed E-state index contributed by atoms with van der Waals surface area (Å²) in [7, 11) is 0. The molecule has 0 unspecified atom stereocenters. The van der Waals surface area contributed by atoms with Gasteiger partial charge in [0.2, 0.25) is 0 Å². The van der Waals surface area contributed by atoms with E-state index in [1.54, 1.807) is 0 Å². The Hall–Kier alpha value is -1.43. The molecule has 0 atom stereocenters. The Balaban J connectivity index is 1.65. The second-order valence-corrected chi connectivity index (χ2v) is 4.40. The smallest absolute Gasteiger partial charge is 0.358 e. The highest BCUT2D eigenvalue weighted by Gasteiger charge is 2.14. The number of rotatable bonds is 6. The summed E-state index contributed by atoms with van der Waals surface area (Å²) in [5, 5.41) is 15.9. The average Bonchev–Trinajstić information content (AvgIpc) is 2.96. The summed E-state index contributed by atoms with van der Waals surface area (Å²) in [5.74, 6) is -0.344. The number of hydrogen-bond acceptors (Lipinski definition) is 4. The minimum Gasteiger partial charge on any atom is -0.476 e. The van der Waals surface area contributed by atoms with Crippen LogP contribution in [0.2, 0.25) is 0 Å². The van der Waals surface area contributed by atoms with Crippen molar-refractivity contribution in [3.8, 4) is 0 Å². The van der Waals surface area contributed by atoms with Crippen LogP contribution in [0.5, 0.6) is 0 Å². The van der Waals surface area contributed by atoms with Crippen molar-refractivity contribution >= 4 is 5.97 Å². The lowest BCUT2D eigenvalue weighted by atomic mass is 10.1. The first-order chi connectivity index (χ1) is 8.25. The Bertz CT molecular complexity index is 372. The van der Waals surface area contributed by atoms with Crippen LogP contribution in [0.1, 0.15) is 36.2 Å². The first kappa shape index (κ1) is 12.0. The third-order valence-corrected chi connectivity index (χ3v) is 3.05. The molecule has 94 valence electrons. The molecule has 0 bridgehead atoms. The molecule has 0 saturated heterocycles. The van der Waals surface area contributed by atoms with Gasteiger partial charge in [0.1, 0.15) is 0 Å². The van der Waals surface area contributed by atoms with Crippen LogP contribution in [0, 0.1) is 5.92 Å². The van der Waals surface area contributed by atoms with E-state index in [4.69, 9.17) is 9.84 Å². The van der Waals surface area contributed by atoms with Crippen LogP contribution in [0.25, 0.3) is 0 Å². The summed E-state index contributed by atoms with van der Waals surface area (Å²) in [5.41, 5.74) is -0.0270. The van der Waals surface area contributed by atoms with Gasteiger partial charge >= 0.3 is 5.97 Å². The maximum absolute atomic E-state index is 10.6. The number of carboxylic acid groups (broad SMARTS) is 1. The molecule has 6 nitrogen and oxygen atoms in total. The molecule has 6 heteroatoms. The van der Waals surface area contributed by atoms with Crippen LogP contribution in [0.3, 0.4) is 0 Å². The van der Waals surface area contributed by atoms with Gasteiger partial charge in [-0.3, -0.25) is 0 Å². The van der Waals surface area contributed by atoms with E-state index in [1.807, 2.05) is 0 Å². The molecule has 0 amide bonds. The van der Waals surface area contributed by atoms with Gasteiger partial charge in [-0.1, -0.05) is 18.1 Å². The zero-order chi connectivity index (χ0) is 12.1. The minimum absolute atomic E-state index is 0.0270. The zero-order valence-corrected chi connectivity index (χ0v) is 9.71. The average molecular weight is 239 g/mol. The molecule has 17 heavy (non-hydrogen) atoms. The van der Waals surface area contributed by atoms with Crippen molar-refractivity contribution in [2.45, 2.75) is 32.2 Å². The van der Waals surface area contributed by atoms with E-state index in [-0.39, 0.29) is 5.69 Å². The molecule has 1 aromatic heterocycles. The van der Waals surface area contributed by atoms with Crippen LogP contribution >= 0.6 is 0 Å². The van der Waals surface area contributed by atoms with Crippen molar-refractivity contribution in [1.82, 2.24) is 15.0 Å². The number of nitrogens with zero attached hydrogens (tertiary/aromatic N) is 3. The first-order valence-corrected chi connectivity index (χ1v) is 5.97. The lowest BCUT2D eigenvalue weighted by Gasteiger charge is -2.09. The Morgan fingerprint density at radius 2 is 2.29 bits per heavy atom. The predicted molar refractivity (Wildman–Crippen MR) is 59.8 cm³/mol. The third-order valence-electron chi connectivity index (χ3n) is 3.05. The largest absolute Gasteiger partial charge is 0.476 e. The second-order valence-electron chi connectivity index (χ2n) is 4.40. The fourth-order valence-electron chi connectivity index (χ4n) is 2.09. The molecule has 1 N–H and O–H groups in total. The predicted octanol–water partition coefficient (Wildman–Crippen LogP) is 1.18. The SMILES string of the molecule is O=C(O)c1cn(CCOCC2CCCC2)nn1. The van der Waals surface area contributed by atoms with Crippen molar-refractivity contribution in [1.29, 1.82) is 0 Å². The summed E-state index contributed by atoms with van der Waals surface area (Å²) < 4.78 is 7.05. The van der Waals surface area contributed by atoms with Crippen LogP contribution in [0.15, 0.2) is 6.20 Å². The molecule has 0 aromatic carbocycles. The van der Waals surface area contributed by atoms with E-state index < -0.39 is 5.97 Å². The zero-order valence-electron chi connectivity index (χ0n) is 9.71. The van der Waals surface area contributed by atoms with Gasteiger partial charge in [0, 0.05) is 6.61 Å². The number of aromatic nitrogens is 3. The van der Waals surface area contributed by atoms with Crippen LogP contribution in [0.4, 0.5) is 0 Å². The van der Waals surface area contributed by atoms with Crippen molar-refractivity contribution in [2.24, 2.45) is 5.92 Å². The van der Waals surface area contributed by atoms with Gasteiger partial charge in [0.25, 0.3) is 0 Å². The molecule has 0 spiro atoms. The summed E-state index contributed by atoms with van der Waals surface area (Å²) in [4.78, 5) is 10.6. The van der Waals surface area contributed by atoms with Crippen molar-refractivity contribution in [3.63, 3.8) is 0 Å². The second kappa shape index (κ2) is 5.77. The van der Waals surface area contributed by atoms with Crippen LogP contribution in [-0.2, 0) is 11.3 Å². The van der Waals surface area contributed by atoms with Gasteiger partial charge in [-0.05, 0) is 18.8 Å². The van der Waals surface area contributed by atoms with Gasteiger partial charge in [-0.15, -0.1) is 5.10 Å². The van der Waals surface area contributed by atoms with Gasteiger partial charge in [0.15, 0.2) is 5.69 Å². The number of aromatic carboxylic acids is 1. The van der Waals surface area contributed by atoms with E-state index in [9.17, 15) is 4.79 Å². The summed E-state index contributed by atoms with van der Waals surface area (Å²) in [6, 6.07) is 0. The van der Waals surface area contributed by atoms with Gasteiger partial charge in [0.05, 0.1) is 19.3 Å². The van der Waals surface area contributed by atoms with Crippen LogP contribution < -0.4 is 0 Å². The first-order valence-electron chi connectivity index (χ1n) is 5.97. The fraction of sp³-hybridized carbons (Fsp3) is 0.727. The standard InChI is InChI=1S/C11H17N3O3/c15-11(16)10-7-14(13-12-10)5-6-17-8-9-3-1-2-4-9/h7,9H,1-6,8H2,(H,15,16). The maximum Gasteiger partial charge on any atom is 0.358 e. The summed E-state index contributed by atoms with van der Waals surface area (Å²) in [6.45, 7) is 1.91. The minimum atomic E-state index is -1.05. The number of carboxylic acids is 1. The maximum atomic E-state index is 10.6. The quantitative estimate of drug-likeness (QED) is 0.754. The van der Waals surface area contributed by atoms with Crippen molar-refractivity contribution in [3.05, 3.63) is 11.9 Å². The van der Waals surface area contributed by atoms with Gasteiger partial charge < -0.3 is 9.84 Å². The molecule has 1 aliphatic rings. The van der Waals surface area contributed by atoms with Crippen molar-refractivity contribution < 1.29 is 14.6 Å². The number of ether oxygens (including phenoxy) is 1. The van der Waals surface area contributed by atoms with Gasteiger partial charge in [-0.25, -0.2) is 9.48 Å². The number of carbonyl (C=O) groups is 1. The highest BCUT2D eigenvalue weighted by Crippen LogP contribution is 2.24. The van der Waals surface area contributed by atoms with Crippen molar-refractivity contribution in [2.75, 3.05) is 13.2 Å². The summed E-state index contributed by atoms with van der Waals surface area (Å²) in [6.07, 6.45) is 6.60. The topological polar surface area (TPSA) is 77.2 Å². The number of hydrogen-bond donors (Lipinski definition) is 1. The molecule has 1 saturated carbocycles. The Labute approximate surface area is 99.6 Å². The molecular formula is C11H17N3O3. The molecule has 1 aromatic rings. The molecule has 1 heterocycles. The van der Waals surface area contributed by atoms with Crippen LogP contribution in [-0.4, -0.2) is 39.3 Å². The van der Waals surface area contributed by atoms with E-state index in [0.717, 1.165) is 6.61 Å². The highest BCUT2D eigenvalue weighted by molar-refractivity contribution is 5.84. The lowest BCUT2D eigenvalue weighted by molar-refractivity contribution is 0.0690. The van der Waals surface area contributed by atoms with E-state index in [2.05, 4.69) is 10.3 Å². The molecule has 1 aliphatic carbocycles. The molecule has 0 radical (unpaired) electrons. The summed E-state index contributed by atoms with van der Waals surface area (Å²) >= 11 is 0. The fourth-order valence-corrected chi connectivity index (χ4v) is 2.09. The lowest BCUT2D eigenvalue weighted by Crippen LogP contribution is -2.11. The van der Waals surface area contributed by atoms with E-state index in [0.29, 0.717) is 19.1 Å². The van der Waals surface area contributed by atoms with E-state index >= 15 is 0 Å². The van der Waals surface area contributed by atoms with E-state index in [1.165, 1.54) is 36.6 Å². The molecule has 2 rings (SSSR count). The normalized spacial score (nSPS) is 16.5. The molecule has 0 aliphatic heterocycles. The Kier molecular flexibility index (Phi) is 4.08. The molecular weight excluding hydrogens is 222 g/mol.